The van der Waals surface area contributed by atoms with Gasteiger partial charge >= 0.3 is 0 Å². The highest BCUT2D eigenvalue weighted by atomic mass is 32.2. The van der Waals surface area contributed by atoms with Gasteiger partial charge in [-0.2, -0.15) is 0 Å². The fraction of sp³-hybridized carbons (Fsp3) is 0.296. The van der Waals surface area contributed by atoms with Crippen molar-refractivity contribution in [2.75, 3.05) is 24.0 Å². The number of carbonyl (C=O) groups is 1. The molecule has 3 aromatic carbocycles. The van der Waals surface area contributed by atoms with Crippen LogP contribution in [0.3, 0.4) is 0 Å². The van der Waals surface area contributed by atoms with Crippen LogP contribution >= 0.6 is 0 Å². The van der Waals surface area contributed by atoms with Gasteiger partial charge in [-0.1, -0.05) is 69.3 Å². The number of para-hydroxylation sites is 3. The topological polar surface area (TPSA) is 84.9 Å². The van der Waals surface area contributed by atoms with E-state index in [-0.39, 0.29) is 30.0 Å². The number of ether oxygens (including phenoxy) is 2. The molecule has 0 radical (unpaired) electrons. The summed E-state index contributed by atoms with van der Waals surface area (Å²) in [5.74, 6) is 0.714. The molecule has 0 unspecified atom stereocenters. The summed E-state index contributed by atoms with van der Waals surface area (Å²) in [6.07, 6.45) is -0.995. The molecule has 0 saturated heterocycles. The lowest BCUT2D eigenvalue weighted by Crippen LogP contribution is -2.51. The minimum absolute atomic E-state index is 0.0725. The zero-order valence-electron chi connectivity index (χ0n) is 20.1. The van der Waals surface area contributed by atoms with Gasteiger partial charge in [0, 0.05) is 0 Å². The van der Waals surface area contributed by atoms with E-state index in [1.165, 1.54) is 16.4 Å². The number of anilines is 1. The van der Waals surface area contributed by atoms with E-state index in [9.17, 15) is 13.2 Å². The Morgan fingerprint density at radius 3 is 2.40 bits per heavy atom. The van der Waals surface area contributed by atoms with Crippen LogP contribution in [0, 0.1) is 0 Å². The Balaban J connectivity index is 1.44. The zero-order chi connectivity index (χ0) is 25.1. The van der Waals surface area contributed by atoms with Gasteiger partial charge in [-0.05, 0) is 41.3 Å². The molecule has 1 aliphatic rings. The minimum atomic E-state index is -3.87. The predicted molar refractivity (Wildman–Crippen MR) is 135 cm³/mol. The molecular weight excluding hydrogens is 464 g/mol. The van der Waals surface area contributed by atoms with E-state index < -0.39 is 22.0 Å². The lowest BCUT2D eigenvalue weighted by molar-refractivity contribution is -0.127. The highest BCUT2D eigenvalue weighted by Gasteiger charge is 2.37. The Kier molecular flexibility index (Phi) is 7.03. The third-order valence-corrected chi connectivity index (χ3v) is 7.51. The van der Waals surface area contributed by atoms with E-state index in [1.807, 2.05) is 24.3 Å². The minimum Gasteiger partial charge on any atom is -0.491 e. The van der Waals surface area contributed by atoms with Gasteiger partial charge < -0.3 is 14.8 Å². The molecule has 0 aliphatic carbocycles. The van der Waals surface area contributed by atoms with Gasteiger partial charge in [0.25, 0.3) is 15.9 Å². The summed E-state index contributed by atoms with van der Waals surface area (Å²) in [6, 6.07) is 22.8. The second-order valence-corrected chi connectivity index (χ2v) is 11.2. The maximum atomic E-state index is 13.4. The molecule has 0 saturated carbocycles. The Morgan fingerprint density at radius 1 is 1.00 bits per heavy atom. The van der Waals surface area contributed by atoms with Crippen LogP contribution in [0.2, 0.25) is 0 Å². The molecule has 3 aromatic rings. The quantitative estimate of drug-likeness (QED) is 0.499. The molecule has 0 aromatic heterocycles. The van der Waals surface area contributed by atoms with Crippen molar-refractivity contribution in [3.8, 4) is 11.5 Å². The van der Waals surface area contributed by atoms with Crippen LogP contribution < -0.4 is 19.1 Å². The summed E-state index contributed by atoms with van der Waals surface area (Å²) < 4.78 is 39.8. The standard InChI is InChI=1S/C27H30N2O5S/c1-27(2,3)21-13-7-9-15-23(21)33-18-17-28-26(30)25-19-29(22-14-8-10-16-24(22)34-25)35(31,32)20-11-5-4-6-12-20/h4-16,25H,17-19H2,1-3H3,(H,28,30)/t25-/m1/s1. The molecule has 35 heavy (non-hydrogen) atoms. The Bertz CT molecular complexity index is 1290. The smallest absolute Gasteiger partial charge is 0.264 e. The Hall–Kier alpha value is -3.52. The van der Waals surface area contributed by atoms with Gasteiger partial charge in [-0.3, -0.25) is 9.10 Å². The van der Waals surface area contributed by atoms with E-state index >= 15 is 0 Å². The molecule has 7 nitrogen and oxygen atoms in total. The zero-order valence-corrected chi connectivity index (χ0v) is 20.9. The average Bonchev–Trinajstić information content (AvgIpc) is 2.86. The lowest BCUT2D eigenvalue weighted by Gasteiger charge is -2.34. The van der Waals surface area contributed by atoms with Crippen LogP contribution in [-0.4, -0.2) is 40.1 Å². The number of carbonyl (C=O) groups excluding carboxylic acids is 1. The van der Waals surface area contributed by atoms with Crippen molar-refractivity contribution in [2.45, 2.75) is 37.2 Å². The number of rotatable bonds is 7. The summed E-state index contributed by atoms with van der Waals surface area (Å²) in [4.78, 5) is 13.1. The Labute approximate surface area is 206 Å². The van der Waals surface area contributed by atoms with Crippen LogP contribution in [0.15, 0.2) is 83.8 Å². The van der Waals surface area contributed by atoms with Crippen molar-refractivity contribution in [1.29, 1.82) is 0 Å². The SMILES string of the molecule is CC(C)(C)c1ccccc1OCCNC(=O)[C@H]1CN(S(=O)(=O)c2ccccc2)c2ccccc2O1. The van der Waals surface area contributed by atoms with Gasteiger partial charge in [0.2, 0.25) is 0 Å². The molecular formula is C27H30N2O5S. The monoisotopic (exact) mass is 494 g/mol. The number of fused-ring (bicyclic) bond motifs is 1. The maximum absolute atomic E-state index is 13.4. The number of benzene rings is 3. The highest BCUT2D eigenvalue weighted by molar-refractivity contribution is 7.92. The molecule has 1 heterocycles. The van der Waals surface area contributed by atoms with Crippen LogP contribution in [0.1, 0.15) is 26.3 Å². The van der Waals surface area contributed by atoms with E-state index in [2.05, 4.69) is 26.1 Å². The molecule has 0 spiro atoms. The number of sulfonamides is 1. The largest absolute Gasteiger partial charge is 0.491 e. The van der Waals surface area contributed by atoms with Crippen molar-refractivity contribution in [1.82, 2.24) is 5.32 Å². The van der Waals surface area contributed by atoms with Crippen molar-refractivity contribution >= 4 is 21.6 Å². The molecule has 184 valence electrons. The van der Waals surface area contributed by atoms with Crippen LogP contribution in [0.5, 0.6) is 11.5 Å². The van der Waals surface area contributed by atoms with Gasteiger partial charge in [0.05, 0.1) is 23.7 Å². The first-order valence-corrected chi connectivity index (χ1v) is 13.0. The van der Waals surface area contributed by atoms with Crippen molar-refractivity contribution in [3.05, 3.63) is 84.4 Å². The number of hydrogen-bond donors (Lipinski definition) is 1. The normalized spacial score (nSPS) is 15.6. The number of amides is 1. The first-order valence-electron chi connectivity index (χ1n) is 11.5. The third kappa shape index (κ3) is 5.43. The summed E-state index contributed by atoms with van der Waals surface area (Å²) in [6.45, 7) is 6.74. The fourth-order valence-electron chi connectivity index (χ4n) is 3.95. The fourth-order valence-corrected chi connectivity index (χ4v) is 5.44. The molecule has 1 N–H and O–H groups in total. The number of nitrogens with one attached hydrogen (secondary N) is 1. The van der Waals surface area contributed by atoms with Crippen LogP contribution in [-0.2, 0) is 20.2 Å². The number of nitrogens with zero attached hydrogens (tertiary/aromatic N) is 1. The van der Waals surface area contributed by atoms with Crippen molar-refractivity contribution < 1.29 is 22.7 Å². The summed E-state index contributed by atoms with van der Waals surface area (Å²) in [5, 5.41) is 2.81. The van der Waals surface area contributed by atoms with Crippen molar-refractivity contribution in [2.24, 2.45) is 0 Å². The summed E-state index contributed by atoms with van der Waals surface area (Å²) >= 11 is 0. The van der Waals surface area contributed by atoms with Crippen molar-refractivity contribution in [3.63, 3.8) is 0 Å². The van der Waals surface area contributed by atoms with E-state index in [0.717, 1.165) is 11.3 Å². The molecule has 0 fully saturated rings. The lowest BCUT2D eigenvalue weighted by atomic mass is 9.86. The van der Waals surface area contributed by atoms with Crippen LogP contribution in [0.25, 0.3) is 0 Å². The van der Waals surface area contributed by atoms with Crippen LogP contribution in [0.4, 0.5) is 5.69 Å². The molecule has 0 bridgehead atoms. The second kappa shape index (κ2) is 10.00. The third-order valence-electron chi connectivity index (χ3n) is 5.71. The molecule has 8 heteroatoms. The molecule has 1 atom stereocenters. The van der Waals surface area contributed by atoms with Gasteiger partial charge in [-0.15, -0.1) is 0 Å². The predicted octanol–water partition coefficient (Wildman–Crippen LogP) is 4.14. The van der Waals surface area contributed by atoms with E-state index in [1.54, 1.807) is 42.5 Å². The van der Waals surface area contributed by atoms with Gasteiger partial charge in [-0.25, -0.2) is 8.42 Å². The summed E-state index contributed by atoms with van der Waals surface area (Å²) in [5.41, 5.74) is 1.42. The highest BCUT2D eigenvalue weighted by Crippen LogP contribution is 2.36. The molecule has 1 amide bonds. The first kappa shape index (κ1) is 24.6. The van der Waals surface area contributed by atoms with E-state index in [0.29, 0.717) is 11.4 Å². The Morgan fingerprint density at radius 2 is 1.66 bits per heavy atom. The molecule has 1 aliphatic heterocycles. The summed E-state index contributed by atoms with van der Waals surface area (Å²) in [7, 11) is -3.87. The van der Waals surface area contributed by atoms with Gasteiger partial charge in [0.15, 0.2) is 6.10 Å². The second-order valence-electron chi connectivity index (χ2n) is 9.31. The molecule has 4 rings (SSSR count). The van der Waals surface area contributed by atoms with E-state index in [4.69, 9.17) is 9.47 Å². The number of hydrogen-bond acceptors (Lipinski definition) is 5. The average molecular weight is 495 g/mol. The maximum Gasteiger partial charge on any atom is 0.264 e. The first-order chi connectivity index (χ1) is 16.7. The van der Waals surface area contributed by atoms with Gasteiger partial charge in [0.1, 0.15) is 18.1 Å².